The molecule has 19 N–H and O–H groups in total. The zero-order chi connectivity index (χ0) is 71.1. The Hall–Kier alpha value is -8.98. The molecule has 98 heavy (non-hydrogen) atoms. The van der Waals surface area contributed by atoms with Crippen molar-refractivity contribution in [1.29, 1.82) is 0 Å². The number of benzene rings is 3. The summed E-state index contributed by atoms with van der Waals surface area (Å²) in [4.78, 5) is 173. The first kappa shape index (κ1) is 78.0. The summed E-state index contributed by atoms with van der Waals surface area (Å²) in [5.41, 5.74) is 19.7. The van der Waals surface area contributed by atoms with Crippen LogP contribution in [0.25, 0.3) is 10.9 Å². The van der Waals surface area contributed by atoms with Crippen LogP contribution in [0.5, 0.6) is 11.5 Å². The van der Waals surface area contributed by atoms with E-state index in [-0.39, 0.29) is 119 Å². The Kier molecular flexibility index (Phi) is 32.4. The Balaban J connectivity index is 1.37. The van der Waals surface area contributed by atoms with Crippen LogP contribution in [0, 0.1) is 0 Å². The van der Waals surface area contributed by atoms with Crippen molar-refractivity contribution in [3.8, 4) is 11.5 Å². The number of nitrogens with zero attached hydrogens (tertiary/aromatic N) is 1. The molecule has 0 saturated carbocycles. The molecule has 0 radical (unpaired) electrons. The van der Waals surface area contributed by atoms with Crippen molar-refractivity contribution in [1.82, 2.24) is 57.7 Å². The van der Waals surface area contributed by atoms with Gasteiger partial charge in [0.2, 0.25) is 65.0 Å². The van der Waals surface area contributed by atoms with Crippen LogP contribution in [0.2, 0.25) is 0 Å². The standard InChI is InChI=1S/C66H92N14O16S2/c1-96-32-10-14-47-60(89)76-49(33-39-17-21-42(81)22-18-39)62(91)73-46(13-6-7-28-67)59(88)70-30-8-2-3-16-55(83)72-51(35-41-36-71-45-12-5-4-11-44(41)45)64(93)75-48(25-26-57(85)86)61(90)78-52(58(69)87)37-97-98-38-53(65(94)74-47)79-63(92)50(34-40-19-23-43(82)24-20-40)77-66(95)54-15-9-31-80(54)56(84)27-29-68/h4-5,11-12,17-24,36,46-54,71,81-82H,2-3,6-10,13-16,25-35,37-38,67-68H2,1H3,(H2,69,87)(H,70,88)(H,72,83)(H,73,91)(H,74,94)(H,75,93)(H,76,89)(H,77,95)(H,78,90)(H,79,92)(H,85,86)/t46-,47+,48-,49-,50-,51-,52-,53-,54-/m0/s1. The first-order valence-electron chi connectivity index (χ1n) is 32.8. The number of unbranched alkanes of at least 4 members (excludes halogenated alkanes) is 1. The lowest BCUT2D eigenvalue weighted by Crippen LogP contribution is -2.60. The second kappa shape index (κ2) is 40.7. The van der Waals surface area contributed by atoms with Crippen molar-refractivity contribution in [3.63, 3.8) is 0 Å². The molecule has 11 amide bonds. The van der Waals surface area contributed by atoms with Gasteiger partial charge in [0.1, 0.15) is 65.9 Å². The maximum absolute atomic E-state index is 15.0. The molecule has 0 spiro atoms. The lowest BCUT2D eigenvalue weighted by atomic mass is 10.0. The van der Waals surface area contributed by atoms with Gasteiger partial charge < -0.3 is 95.0 Å². The number of H-pyrrole nitrogens is 1. The van der Waals surface area contributed by atoms with E-state index in [2.05, 4.69) is 52.8 Å². The number of hydrogen-bond acceptors (Lipinski definition) is 19. The van der Waals surface area contributed by atoms with Gasteiger partial charge in [-0.3, -0.25) is 57.5 Å². The van der Waals surface area contributed by atoms with Crippen LogP contribution in [0.1, 0.15) is 107 Å². The van der Waals surface area contributed by atoms with Gasteiger partial charge in [-0.1, -0.05) is 70.5 Å². The van der Waals surface area contributed by atoms with Crippen LogP contribution in [-0.2, 0) is 81.5 Å². The van der Waals surface area contributed by atoms with Gasteiger partial charge in [-0.25, -0.2) is 0 Å². The third kappa shape index (κ3) is 25.5. The normalized spacial score (nSPS) is 22.2. The minimum atomic E-state index is -1.61. The molecular weight excluding hydrogens is 1310 g/mol. The summed E-state index contributed by atoms with van der Waals surface area (Å²) in [6.07, 6.45) is 2.99. The number of methoxy groups -OCH3 is 1. The van der Waals surface area contributed by atoms with Crippen molar-refractivity contribution in [2.24, 2.45) is 17.2 Å². The number of aromatic hydroxyl groups is 2. The smallest absolute Gasteiger partial charge is 0.303 e. The number of para-hydroxylation sites is 1. The number of hydrogen-bond donors (Lipinski definition) is 16. The number of carbonyl (C=O) groups excluding carboxylic acids is 11. The van der Waals surface area contributed by atoms with E-state index in [0.717, 1.165) is 32.5 Å². The molecule has 3 heterocycles. The molecule has 0 unspecified atom stereocenters. The number of carboxylic acid groups (broad SMARTS) is 1. The number of aromatic nitrogens is 1. The molecule has 2 aliphatic rings. The van der Waals surface area contributed by atoms with Crippen molar-refractivity contribution in [2.75, 3.05) is 51.4 Å². The Labute approximate surface area is 575 Å². The van der Waals surface area contributed by atoms with Gasteiger partial charge in [0.15, 0.2) is 0 Å². The van der Waals surface area contributed by atoms with Crippen LogP contribution in [0.3, 0.4) is 0 Å². The van der Waals surface area contributed by atoms with Crippen LogP contribution in [-0.4, -0.2) is 202 Å². The second-order valence-corrected chi connectivity index (χ2v) is 26.6. The quantitative estimate of drug-likeness (QED) is 0.0319. The summed E-state index contributed by atoms with van der Waals surface area (Å²) in [5, 5.41) is 55.3. The molecule has 0 aliphatic carbocycles. The number of carboxylic acids is 1. The first-order valence-corrected chi connectivity index (χ1v) is 35.3. The molecule has 0 bridgehead atoms. The number of phenols is 2. The predicted octanol–water partition coefficient (Wildman–Crippen LogP) is -0.198. The third-order valence-electron chi connectivity index (χ3n) is 16.6. The largest absolute Gasteiger partial charge is 0.508 e. The summed E-state index contributed by atoms with van der Waals surface area (Å²) < 4.78 is 5.31. The highest BCUT2D eigenvalue weighted by atomic mass is 33.1. The number of phenolic OH excluding ortho intramolecular Hbond substituents is 2. The van der Waals surface area contributed by atoms with Crippen LogP contribution < -0.4 is 65.1 Å². The molecule has 3 aromatic carbocycles. The van der Waals surface area contributed by atoms with Gasteiger partial charge in [0, 0.05) is 100 Å². The zero-order valence-corrected chi connectivity index (χ0v) is 56.4. The van der Waals surface area contributed by atoms with Gasteiger partial charge in [-0.2, -0.15) is 0 Å². The molecule has 6 rings (SSSR count). The number of rotatable bonds is 24. The summed E-state index contributed by atoms with van der Waals surface area (Å²) in [5.74, 6) is -10.8. The number of nitrogens with two attached hydrogens (primary N) is 3. The Morgan fingerprint density at radius 3 is 1.94 bits per heavy atom. The molecule has 534 valence electrons. The Bertz CT molecular complexity index is 3360. The van der Waals surface area contributed by atoms with E-state index < -0.39 is 132 Å². The summed E-state index contributed by atoms with van der Waals surface area (Å²) >= 11 is 0. The predicted molar refractivity (Wildman–Crippen MR) is 366 cm³/mol. The summed E-state index contributed by atoms with van der Waals surface area (Å²) in [6.45, 7) is 0.793. The zero-order valence-electron chi connectivity index (χ0n) is 54.8. The van der Waals surface area contributed by atoms with E-state index in [0.29, 0.717) is 55.2 Å². The fraction of sp³-hybridized carbons (Fsp3) is 0.515. The average molecular weight is 1400 g/mol. The van der Waals surface area contributed by atoms with Gasteiger partial charge in [-0.15, -0.1) is 0 Å². The minimum Gasteiger partial charge on any atom is -0.508 e. The van der Waals surface area contributed by atoms with E-state index in [9.17, 15) is 68.1 Å². The van der Waals surface area contributed by atoms with Gasteiger partial charge in [0.05, 0.1) is 0 Å². The van der Waals surface area contributed by atoms with Crippen molar-refractivity contribution < 1.29 is 77.6 Å². The number of aromatic amines is 1. The van der Waals surface area contributed by atoms with Gasteiger partial charge in [-0.05, 0) is 118 Å². The van der Waals surface area contributed by atoms with Crippen molar-refractivity contribution in [3.05, 3.63) is 95.7 Å². The Morgan fingerprint density at radius 2 is 1.27 bits per heavy atom. The number of likely N-dealkylation sites (tertiary alicyclic amines) is 1. The molecule has 9 atom stereocenters. The van der Waals surface area contributed by atoms with E-state index in [1.807, 2.05) is 18.2 Å². The van der Waals surface area contributed by atoms with Crippen LogP contribution in [0.4, 0.5) is 0 Å². The lowest BCUT2D eigenvalue weighted by molar-refractivity contribution is -0.139. The Morgan fingerprint density at radius 1 is 0.653 bits per heavy atom. The number of aliphatic carboxylic acids is 1. The maximum atomic E-state index is 15.0. The van der Waals surface area contributed by atoms with E-state index in [4.69, 9.17) is 21.9 Å². The monoisotopic (exact) mass is 1400 g/mol. The fourth-order valence-corrected chi connectivity index (χ4v) is 13.5. The SMILES string of the molecule is COCCC[C@H]1NC(=O)[C@@H](NC(=O)[C@H](Cc2ccc(O)cc2)NC(=O)[C@@H]2CCCN2C(=O)CCN)CSSC[C@@H](C(N)=O)NC(=O)[C@H](CCC(=O)O)NC(=O)[C@H](Cc2c[nH]c3ccccc23)NC(=O)CCCCCNC(=O)[C@H](CCCCN)NC(=O)[C@H](Cc2ccc(O)cc2)NC1=O. The number of nitrogens with one attached hydrogen (secondary N) is 10. The molecule has 2 aliphatic heterocycles. The van der Waals surface area contributed by atoms with E-state index >= 15 is 4.79 Å². The molecule has 1 aromatic heterocycles. The topological polar surface area (TPSA) is 480 Å². The van der Waals surface area contributed by atoms with Crippen LogP contribution in [0.15, 0.2) is 79.0 Å². The lowest BCUT2D eigenvalue weighted by Gasteiger charge is -2.28. The molecule has 2 fully saturated rings. The molecule has 32 heteroatoms. The number of primary amides is 1. The summed E-state index contributed by atoms with van der Waals surface area (Å²) in [7, 11) is 3.22. The molecular formula is C66H92N14O16S2. The van der Waals surface area contributed by atoms with Gasteiger partial charge in [0.25, 0.3) is 0 Å². The highest BCUT2D eigenvalue weighted by Gasteiger charge is 2.38. The highest BCUT2D eigenvalue weighted by Crippen LogP contribution is 2.25. The number of fused-ring (bicyclic) bond motifs is 1. The summed E-state index contributed by atoms with van der Waals surface area (Å²) in [6, 6.07) is 6.38. The van der Waals surface area contributed by atoms with Gasteiger partial charge >= 0.3 is 5.97 Å². The molecule has 30 nitrogen and oxygen atoms in total. The third-order valence-corrected chi connectivity index (χ3v) is 19.0. The second-order valence-electron chi connectivity index (χ2n) is 24.1. The van der Waals surface area contributed by atoms with Crippen LogP contribution >= 0.6 is 21.6 Å². The minimum absolute atomic E-state index is 0.0281. The molecule has 4 aromatic rings. The average Bonchev–Trinajstić information content (AvgIpc) is 1.60. The van der Waals surface area contributed by atoms with E-state index in [1.54, 1.807) is 12.3 Å². The van der Waals surface area contributed by atoms with Crippen molar-refractivity contribution >= 4 is 103 Å². The van der Waals surface area contributed by atoms with Crippen molar-refractivity contribution in [2.45, 2.75) is 164 Å². The number of ether oxygens (including phenoxy) is 1. The number of carbonyl (C=O) groups is 12. The van der Waals surface area contributed by atoms with E-state index in [1.165, 1.54) is 60.5 Å². The molecule has 2 saturated heterocycles. The first-order chi connectivity index (χ1) is 47.1. The highest BCUT2D eigenvalue weighted by molar-refractivity contribution is 8.76. The number of amides is 11. The fourth-order valence-electron chi connectivity index (χ4n) is 11.2. The maximum Gasteiger partial charge on any atom is 0.303 e.